The molecule has 0 fully saturated rings. The minimum absolute atomic E-state index is 0.216. The monoisotopic (exact) mass is 446 g/mol. The number of rotatable bonds is 4. The van der Waals surface area contributed by atoms with E-state index in [2.05, 4.69) is 44.0 Å². The van der Waals surface area contributed by atoms with Crippen molar-refractivity contribution in [1.82, 2.24) is 19.8 Å². The van der Waals surface area contributed by atoms with Gasteiger partial charge in [-0.3, -0.25) is 0 Å². The van der Waals surface area contributed by atoms with Gasteiger partial charge in [0.05, 0.1) is 25.5 Å². The zero-order valence-corrected chi connectivity index (χ0v) is 19.6. The van der Waals surface area contributed by atoms with Crippen LogP contribution in [0.4, 0.5) is 0 Å². The van der Waals surface area contributed by atoms with Crippen molar-refractivity contribution in [3.05, 3.63) is 52.4 Å². The molecule has 0 spiro atoms. The lowest BCUT2D eigenvalue weighted by Gasteiger charge is -2.15. The van der Waals surface area contributed by atoms with Crippen LogP contribution in [-0.2, 0) is 5.41 Å². The normalized spacial score (nSPS) is 13.7. The fourth-order valence-corrected chi connectivity index (χ4v) is 4.02. The summed E-state index contributed by atoms with van der Waals surface area (Å²) in [5.41, 5.74) is 4.24. The molecule has 3 heterocycles. The Morgan fingerprint density at radius 3 is 2.45 bits per heavy atom. The molecule has 2 aromatic carbocycles. The molecule has 0 unspecified atom stereocenters. The van der Waals surface area contributed by atoms with Crippen molar-refractivity contribution in [1.29, 1.82) is 0 Å². The fraction of sp³-hybridized carbons (Fsp3) is 0.320. The number of aryl methyl sites for hydroxylation is 1. The Balaban J connectivity index is 1.77. The van der Waals surface area contributed by atoms with E-state index in [-0.39, 0.29) is 12.2 Å². The van der Waals surface area contributed by atoms with Crippen molar-refractivity contribution in [3.8, 4) is 34.4 Å². The molecule has 170 valence electrons. The maximum absolute atomic E-state index is 5.59. The van der Waals surface area contributed by atoms with Gasteiger partial charge in [0.2, 0.25) is 6.79 Å². The largest absolute Gasteiger partial charge is 0.497 e. The summed E-state index contributed by atoms with van der Waals surface area (Å²) in [7, 11) is 3.26. The number of benzene rings is 2. The highest BCUT2D eigenvalue weighted by Crippen LogP contribution is 2.35. The second kappa shape index (κ2) is 7.65. The number of ether oxygens (including phenoxy) is 4. The first-order chi connectivity index (χ1) is 15.8. The number of fused-ring (bicyclic) bond motifs is 2. The van der Waals surface area contributed by atoms with Crippen LogP contribution in [0.15, 0.2) is 30.3 Å². The number of aromatic nitrogens is 4. The van der Waals surface area contributed by atoms with Crippen molar-refractivity contribution < 1.29 is 18.9 Å². The zero-order valence-electron chi connectivity index (χ0n) is 19.6. The molecule has 8 heteroatoms. The van der Waals surface area contributed by atoms with E-state index in [1.165, 1.54) is 0 Å². The lowest BCUT2D eigenvalue weighted by Crippen LogP contribution is -2.22. The Hall–Kier alpha value is -3.81. The van der Waals surface area contributed by atoms with Crippen LogP contribution in [-0.4, -0.2) is 40.8 Å². The molecule has 0 saturated heterocycles. The van der Waals surface area contributed by atoms with Gasteiger partial charge in [0.25, 0.3) is 0 Å². The molecule has 0 saturated carbocycles. The van der Waals surface area contributed by atoms with Crippen LogP contribution in [0.25, 0.3) is 23.1 Å². The summed E-state index contributed by atoms with van der Waals surface area (Å²) in [6.45, 7) is 8.70. The summed E-state index contributed by atoms with van der Waals surface area (Å²) in [6, 6.07) is 9.57. The van der Waals surface area contributed by atoms with Crippen molar-refractivity contribution in [2.24, 2.45) is 0 Å². The van der Waals surface area contributed by atoms with Gasteiger partial charge in [-0.1, -0.05) is 20.8 Å². The molecule has 1 aliphatic rings. The van der Waals surface area contributed by atoms with E-state index in [0.29, 0.717) is 23.0 Å². The smallest absolute Gasteiger partial charge is 0.231 e. The maximum Gasteiger partial charge on any atom is 0.231 e. The molecular formula is C25H26N4O4. The molecule has 0 atom stereocenters. The summed E-state index contributed by atoms with van der Waals surface area (Å²) in [6.07, 6.45) is 2.10. The van der Waals surface area contributed by atoms with Gasteiger partial charge in [-0.2, -0.15) is 9.61 Å². The maximum atomic E-state index is 5.59. The number of nitrogens with zero attached hydrogens (tertiary/aromatic N) is 4. The average molecular weight is 447 g/mol. The molecule has 2 aromatic heterocycles. The van der Waals surface area contributed by atoms with Gasteiger partial charge >= 0.3 is 0 Å². The van der Waals surface area contributed by atoms with Gasteiger partial charge in [0, 0.05) is 10.6 Å². The first-order valence-corrected chi connectivity index (χ1v) is 10.7. The molecule has 8 nitrogen and oxygen atoms in total. The van der Waals surface area contributed by atoms with Gasteiger partial charge in [-0.05, 0) is 54.5 Å². The second-order valence-corrected chi connectivity index (χ2v) is 9.04. The standard InChI is InChI=1S/C25H26N4O4/c1-14-9-20-21(33-13-32-20)11-15(14)10-18-22(25(2,3)4)28-29-23(26-27-24(18)29)17-12-16(30-5)7-8-19(17)31-6/h7-12H,13H2,1-6H3. The molecule has 0 bridgehead atoms. The van der Waals surface area contributed by atoms with E-state index < -0.39 is 0 Å². The Labute approximate surface area is 191 Å². The molecule has 5 rings (SSSR count). The van der Waals surface area contributed by atoms with Gasteiger partial charge in [-0.15, -0.1) is 10.2 Å². The molecule has 0 N–H and O–H groups in total. The molecule has 1 aliphatic heterocycles. The summed E-state index contributed by atoms with van der Waals surface area (Å²) >= 11 is 0. The highest BCUT2D eigenvalue weighted by Gasteiger charge is 2.25. The van der Waals surface area contributed by atoms with Crippen LogP contribution in [0, 0.1) is 6.92 Å². The first-order valence-electron chi connectivity index (χ1n) is 10.7. The highest BCUT2D eigenvalue weighted by molar-refractivity contribution is 5.70. The zero-order chi connectivity index (χ0) is 23.3. The van der Waals surface area contributed by atoms with E-state index >= 15 is 0 Å². The topological polar surface area (TPSA) is 80.0 Å². The van der Waals surface area contributed by atoms with Crippen molar-refractivity contribution in [2.45, 2.75) is 33.1 Å². The Morgan fingerprint density at radius 1 is 1.00 bits per heavy atom. The molecular weight excluding hydrogens is 420 g/mol. The number of hydrogen-bond acceptors (Lipinski definition) is 7. The van der Waals surface area contributed by atoms with Crippen molar-refractivity contribution in [3.63, 3.8) is 0 Å². The SMILES string of the molecule is COc1ccc(OC)c(-c2nnc3c(=Cc4cc5c(cc4C)OCO5)c(C(C)(C)C)nn23)c1. The summed E-state index contributed by atoms with van der Waals surface area (Å²) < 4.78 is 23.9. The molecule has 33 heavy (non-hydrogen) atoms. The molecule has 0 aliphatic carbocycles. The Bertz CT molecular complexity index is 1420. The van der Waals surface area contributed by atoms with Crippen LogP contribution < -0.4 is 24.2 Å². The average Bonchev–Trinajstić information content (AvgIpc) is 3.49. The van der Waals surface area contributed by atoms with E-state index in [1.807, 2.05) is 30.3 Å². The minimum atomic E-state index is -0.216. The second-order valence-electron chi connectivity index (χ2n) is 9.04. The molecule has 0 radical (unpaired) electrons. The van der Waals surface area contributed by atoms with E-state index in [1.54, 1.807) is 18.7 Å². The van der Waals surface area contributed by atoms with Crippen molar-refractivity contribution in [2.75, 3.05) is 21.0 Å². The third-order valence-electron chi connectivity index (χ3n) is 5.76. The van der Waals surface area contributed by atoms with E-state index in [4.69, 9.17) is 24.0 Å². The predicted molar refractivity (Wildman–Crippen MR) is 124 cm³/mol. The summed E-state index contributed by atoms with van der Waals surface area (Å²) in [5.74, 6) is 3.47. The number of methoxy groups -OCH3 is 2. The summed E-state index contributed by atoms with van der Waals surface area (Å²) in [4.78, 5) is 0. The van der Waals surface area contributed by atoms with Crippen LogP contribution in [0.1, 0.15) is 37.6 Å². The first kappa shape index (κ1) is 21.1. The third kappa shape index (κ3) is 3.51. The number of hydrogen-bond donors (Lipinski definition) is 0. The van der Waals surface area contributed by atoms with Crippen LogP contribution in [0.2, 0.25) is 0 Å². The summed E-state index contributed by atoms with van der Waals surface area (Å²) in [5, 5.41) is 14.9. The van der Waals surface area contributed by atoms with Gasteiger partial charge < -0.3 is 18.9 Å². The molecule has 0 amide bonds. The Kier molecular flexibility index (Phi) is 4.88. The Morgan fingerprint density at radius 2 is 1.76 bits per heavy atom. The third-order valence-corrected chi connectivity index (χ3v) is 5.76. The van der Waals surface area contributed by atoms with E-state index in [9.17, 15) is 0 Å². The molecule has 4 aromatic rings. The van der Waals surface area contributed by atoms with Crippen LogP contribution >= 0.6 is 0 Å². The van der Waals surface area contributed by atoms with E-state index in [0.717, 1.165) is 39.1 Å². The minimum Gasteiger partial charge on any atom is -0.497 e. The highest BCUT2D eigenvalue weighted by atomic mass is 16.7. The lowest BCUT2D eigenvalue weighted by molar-refractivity contribution is 0.174. The van der Waals surface area contributed by atoms with Gasteiger partial charge in [-0.25, -0.2) is 0 Å². The fourth-order valence-electron chi connectivity index (χ4n) is 4.02. The lowest BCUT2D eigenvalue weighted by atomic mass is 9.90. The van der Waals surface area contributed by atoms with Gasteiger partial charge in [0.1, 0.15) is 11.5 Å². The van der Waals surface area contributed by atoms with Gasteiger partial charge in [0.15, 0.2) is 23.0 Å². The van der Waals surface area contributed by atoms with Crippen LogP contribution in [0.3, 0.4) is 0 Å². The quantitative estimate of drug-likeness (QED) is 0.473. The van der Waals surface area contributed by atoms with Crippen LogP contribution in [0.5, 0.6) is 23.0 Å². The predicted octanol–water partition coefficient (Wildman–Crippen LogP) is 3.69. The van der Waals surface area contributed by atoms with Crippen molar-refractivity contribution >= 4 is 11.7 Å².